The molecule has 0 atom stereocenters. The van der Waals surface area contributed by atoms with Gasteiger partial charge in [-0.2, -0.15) is 0 Å². The van der Waals surface area contributed by atoms with Crippen molar-refractivity contribution in [2.24, 2.45) is 5.41 Å². The van der Waals surface area contributed by atoms with Crippen LogP contribution in [-0.2, 0) is 14.3 Å². The van der Waals surface area contributed by atoms with E-state index in [0.717, 1.165) is 11.1 Å². The highest BCUT2D eigenvalue weighted by Gasteiger charge is 2.32. The Morgan fingerprint density at radius 2 is 1.58 bits per heavy atom. The van der Waals surface area contributed by atoms with Gasteiger partial charge in [-0.3, -0.25) is 9.59 Å². The van der Waals surface area contributed by atoms with Gasteiger partial charge in [0, 0.05) is 32.5 Å². The summed E-state index contributed by atoms with van der Waals surface area (Å²) < 4.78 is 5.55. The summed E-state index contributed by atoms with van der Waals surface area (Å²) in [6.07, 6.45) is 0.673. The number of carbonyl (C=O) groups is 3. The third kappa shape index (κ3) is 5.92. The van der Waals surface area contributed by atoms with Gasteiger partial charge in [-0.05, 0) is 48.9 Å². The van der Waals surface area contributed by atoms with Crippen LogP contribution in [-0.4, -0.2) is 54.7 Å². The lowest BCUT2D eigenvalue weighted by atomic mass is 9.91. The lowest BCUT2D eigenvalue weighted by molar-refractivity contribution is -0.138. The normalized spacial score (nSPS) is 12.6. The van der Waals surface area contributed by atoms with Crippen molar-refractivity contribution in [2.45, 2.75) is 39.0 Å². The van der Waals surface area contributed by atoms with E-state index in [2.05, 4.69) is 29.6 Å². The number of rotatable bonds is 10. The average molecular weight is 453 g/mol. The van der Waals surface area contributed by atoms with Crippen LogP contribution in [0.25, 0.3) is 11.1 Å². The van der Waals surface area contributed by atoms with Crippen molar-refractivity contribution in [3.05, 3.63) is 59.7 Å². The third-order valence-electron chi connectivity index (χ3n) is 6.08. The Labute approximate surface area is 194 Å². The van der Waals surface area contributed by atoms with E-state index in [9.17, 15) is 14.4 Å². The number of fused-ring (bicyclic) bond motifs is 3. The first-order valence-corrected chi connectivity index (χ1v) is 11.3. The van der Waals surface area contributed by atoms with Gasteiger partial charge in [-0.25, -0.2) is 4.79 Å². The van der Waals surface area contributed by atoms with Crippen molar-refractivity contribution in [2.75, 3.05) is 26.7 Å². The third-order valence-corrected chi connectivity index (χ3v) is 6.08. The number of nitrogens with zero attached hydrogens (tertiary/aromatic N) is 1. The maximum Gasteiger partial charge on any atom is 0.407 e. The molecule has 0 aromatic heterocycles. The van der Waals surface area contributed by atoms with Gasteiger partial charge >= 0.3 is 12.1 Å². The first-order chi connectivity index (χ1) is 15.7. The summed E-state index contributed by atoms with van der Waals surface area (Å²) in [6, 6.07) is 16.3. The second-order valence-corrected chi connectivity index (χ2v) is 9.14. The van der Waals surface area contributed by atoms with E-state index < -0.39 is 17.5 Å². The molecule has 0 saturated heterocycles. The van der Waals surface area contributed by atoms with E-state index >= 15 is 0 Å². The zero-order valence-corrected chi connectivity index (χ0v) is 19.5. The van der Waals surface area contributed by atoms with Crippen LogP contribution >= 0.6 is 0 Å². The smallest absolute Gasteiger partial charge is 0.407 e. The molecule has 33 heavy (non-hydrogen) atoms. The van der Waals surface area contributed by atoms with Gasteiger partial charge in [-0.15, -0.1) is 0 Å². The first-order valence-electron chi connectivity index (χ1n) is 11.3. The highest BCUT2D eigenvalue weighted by Crippen LogP contribution is 2.44. The summed E-state index contributed by atoms with van der Waals surface area (Å²) in [4.78, 5) is 37.4. The molecule has 2 aromatic rings. The minimum atomic E-state index is -0.836. The van der Waals surface area contributed by atoms with Gasteiger partial charge in [-0.1, -0.05) is 48.5 Å². The van der Waals surface area contributed by atoms with Crippen LogP contribution in [0.2, 0.25) is 0 Å². The largest absolute Gasteiger partial charge is 0.481 e. The van der Waals surface area contributed by atoms with Crippen LogP contribution in [0, 0.1) is 5.41 Å². The molecule has 0 radical (unpaired) electrons. The van der Waals surface area contributed by atoms with Gasteiger partial charge < -0.3 is 20.1 Å². The van der Waals surface area contributed by atoms with Crippen molar-refractivity contribution in [1.82, 2.24) is 10.2 Å². The molecule has 0 heterocycles. The van der Waals surface area contributed by atoms with Crippen LogP contribution in [0.15, 0.2) is 48.5 Å². The van der Waals surface area contributed by atoms with Crippen LogP contribution < -0.4 is 5.32 Å². The number of carboxylic acids is 1. The second kappa shape index (κ2) is 10.5. The quantitative estimate of drug-likeness (QED) is 0.525. The second-order valence-electron chi connectivity index (χ2n) is 9.14. The molecule has 7 heteroatoms. The van der Waals surface area contributed by atoms with Crippen molar-refractivity contribution >= 4 is 18.0 Å². The number of benzene rings is 2. The Bertz CT molecular complexity index is 972. The molecule has 0 unspecified atom stereocenters. The fourth-order valence-electron chi connectivity index (χ4n) is 4.26. The lowest BCUT2D eigenvalue weighted by Gasteiger charge is -2.29. The number of nitrogens with one attached hydrogen (secondary N) is 1. The molecule has 0 saturated carbocycles. The lowest BCUT2D eigenvalue weighted by Crippen LogP contribution is -2.46. The number of alkyl carbamates (subject to hydrolysis) is 1. The molecule has 0 fully saturated rings. The summed E-state index contributed by atoms with van der Waals surface area (Å²) in [6.45, 7) is 4.37. The Morgan fingerprint density at radius 1 is 1.00 bits per heavy atom. The van der Waals surface area contributed by atoms with Gasteiger partial charge in [0.15, 0.2) is 0 Å². The van der Waals surface area contributed by atoms with Crippen LogP contribution in [0.3, 0.4) is 0 Å². The van der Waals surface area contributed by atoms with Crippen molar-refractivity contribution < 1.29 is 24.2 Å². The summed E-state index contributed by atoms with van der Waals surface area (Å²) in [7, 11) is 1.69. The van der Waals surface area contributed by atoms with E-state index in [4.69, 9.17) is 9.84 Å². The fourth-order valence-corrected chi connectivity index (χ4v) is 4.26. The number of carboxylic acid groups (broad SMARTS) is 1. The molecule has 7 nitrogen and oxygen atoms in total. The molecule has 2 aromatic carbocycles. The van der Waals surface area contributed by atoms with Crippen molar-refractivity contribution in [3.63, 3.8) is 0 Å². The van der Waals surface area contributed by atoms with Crippen LogP contribution in [0.4, 0.5) is 4.79 Å². The number of amides is 2. The Morgan fingerprint density at radius 3 is 2.15 bits per heavy atom. The van der Waals surface area contributed by atoms with E-state index in [-0.39, 0.29) is 31.4 Å². The molecule has 0 bridgehead atoms. The maximum absolute atomic E-state index is 12.8. The molecule has 1 aliphatic carbocycles. The Balaban J connectivity index is 1.50. The van der Waals surface area contributed by atoms with Crippen LogP contribution in [0.5, 0.6) is 0 Å². The van der Waals surface area contributed by atoms with E-state index in [1.807, 2.05) is 24.3 Å². The molecular formula is C26H32N2O5. The highest BCUT2D eigenvalue weighted by atomic mass is 16.5. The topological polar surface area (TPSA) is 95.9 Å². The van der Waals surface area contributed by atoms with E-state index in [1.165, 1.54) is 11.1 Å². The average Bonchev–Trinajstić information content (AvgIpc) is 3.12. The maximum atomic E-state index is 12.8. The van der Waals surface area contributed by atoms with E-state index in [1.54, 1.807) is 25.8 Å². The van der Waals surface area contributed by atoms with Crippen molar-refractivity contribution in [3.8, 4) is 11.1 Å². The van der Waals surface area contributed by atoms with Gasteiger partial charge in [0.1, 0.15) is 6.61 Å². The summed E-state index contributed by atoms with van der Waals surface area (Å²) in [5.41, 5.74) is 3.81. The first kappa shape index (κ1) is 24.3. The predicted octanol–water partition coefficient (Wildman–Crippen LogP) is 4.26. The molecule has 1 aliphatic rings. The van der Waals surface area contributed by atoms with Gasteiger partial charge in [0.05, 0.1) is 5.41 Å². The highest BCUT2D eigenvalue weighted by molar-refractivity contribution is 5.83. The molecule has 2 amide bonds. The molecule has 0 spiro atoms. The molecule has 3 rings (SSSR count). The van der Waals surface area contributed by atoms with Gasteiger partial charge in [0.25, 0.3) is 0 Å². The minimum absolute atomic E-state index is 0.0188. The SMILES string of the molecule is CN(CCCCC(=O)O)C(=O)C(C)(C)CNC(=O)OCC1c2ccccc2-c2ccccc21. The Hall–Kier alpha value is -3.35. The number of hydrogen-bond acceptors (Lipinski definition) is 4. The minimum Gasteiger partial charge on any atom is -0.481 e. The van der Waals surface area contributed by atoms with Gasteiger partial charge in [0.2, 0.25) is 5.91 Å². The molecule has 0 aliphatic heterocycles. The van der Waals surface area contributed by atoms with E-state index in [0.29, 0.717) is 19.4 Å². The number of ether oxygens (including phenoxy) is 1. The number of carbonyl (C=O) groups excluding carboxylic acids is 2. The van der Waals surface area contributed by atoms with Crippen LogP contribution in [0.1, 0.15) is 50.2 Å². The predicted molar refractivity (Wildman–Crippen MR) is 126 cm³/mol. The zero-order valence-electron chi connectivity index (χ0n) is 19.5. The number of unbranched alkanes of at least 4 members (excludes halogenated alkanes) is 1. The summed E-state index contributed by atoms with van der Waals surface area (Å²) in [5, 5.41) is 11.4. The number of hydrogen-bond donors (Lipinski definition) is 2. The standard InChI is InChI=1S/C26H32N2O5/c1-26(2,24(31)28(3)15-9-8-14-23(29)30)17-27-25(32)33-16-22-20-12-6-4-10-18(20)19-11-5-7-13-21(19)22/h4-7,10-13,22H,8-9,14-17H2,1-3H3,(H,27,32)(H,29,30). The molecule has 2 N–H and O–H groups in total. The van der Waals surface area contributed by atoms with Crippen molar-refractivity contribution in [1.29, 1.82) is 0 Å². The summed E-state index contributed by atoms with van der Waals surface area (Å²) >= 11 is 0. The monoisotopic (exact) mass is 452 g/mol. The number of aliphatic carboxylic acids is 1. The zero-order chi connectivity index (χ0) is 24.0. The Kier molecular flexibility index (Phi) is 7.74. The fraction of sp³-hybridized carbons (Fsp3) is 0.423. The summed E-state index contributed by atoms with van der Waals surface area (Å²) in [5.74, 6) is -0.969. The molecule has 176 valence electrons. The molecular weight excluding hydrogens is 420 g/mol.